The predicted molar refractivity (Wildman–Crippen MR) is 74.2 cm³/mol. The smallest absolute Gasteiger partial charge is 0.339 e. The minimum atomic E-state index is -0.916. The number of rotatable bonds is 2. The topological polar surface area (TPSA) is 81.4 Å². The number of ether oxygens (including phenoxy) is 1. The van der Waals surface area contributed by atoms with Crippen LogP contribution in [0.5, 0.6) is 0 Å². The first kappa shape index (κ1) is 13.6. The molecule has 2 heterocycles. The van der Waals surface area contributed by atoms with Crippen LogP contribution in [-0.2, 0) is 16.0 Å². The first-order valence-corrected chi connectivity index (χ1v) is 6.64. The molecule has 1 aromatic carbocycles. The molecule has 7 heteroatoms. The molecule has 1 amide bonds. The largest absolute Gasteiger partial charge is 0.448 e. The van der Waals surface area contributed by atoms with E-state index >= 15 is 0 Å². The van der Waals surface area contributed by atoms with Gasteiger partial charge in [0.05, 0.1) is 5.56 Å². The number of benzene rings is 1. The molecule has 1 aliphatic rings. The number of hydrogen-bond acceptors (Lipinski definition) is 5. The van der Waals surface area contributed by atoms with Crippen molar-refractivity contribution in [2.75, 3.05) is 5.32 Å². The number of hydrogen-bond donors (Lipinski definition) is 1. The van der Waals surface area contributed by atoms with Crippen molar-refractivity contribution in [2.45, 2.75) is 19.4 Å². The van der Waals surface area contributed by atoms with Gasteiger partial charge in [0.15, 0.2) is 11.9 Å². The van der Waals surface area contributed by atoms with Crippen molar-refractivity contribution >= 4 is 29.3 Å². The zero-order chi connectivity index (χ0) is 15.0. The van der Waals surface area contributed by atoms with E-state index in [-0.39, 0.29) is 12.2 Å². The number of esters is 1. The van der Waals surface area contributed by atoms with E-state index in [0.717, 1.165) is 0 Å². The number of halogens is 1. The maximum absolute atomic E-state index is 12.1. The molecule has 21 heavy (non-hydrogen) atoms. The summed E-state index contributed by atoms with van der Waals surface area (Å²) in [6.07, 6.45) is -0.648. The molecule has 108 valence electrons. The number of cyclic esters (lactones) is 1. The van der Waals surface area contributed by atoms with Gasteiger partial charge in [-0.15, -0.1) is 0 Å². The number of aryl methyl sites for hydroxylation is 1. The van der Waals surface area contributed by atoms with Crippen LogP contribution in [0.4, 0.5) is 5.82 Å². The average molecular weight is 307 g/mol. The minimum absolute atomic E-state index is 0.268. The number of carbonyl (C=O) groups excluding carboxylic acids is 2. The van der Waals surface area contributed by atoms with E-state index < -0.39 is 18.0 Å². The first-order valence-electron chi connectivity index (χ1n) is 6.26. The molecule has 2 aromatic rings. The van der Waals surface area contributed by atoms with E-state index in [4.69, 9.17) is 20.9 Å². The molecule has 0 aliphatic carbocycles. The third kappa shape index (κ3) is 2.75. The van der Waals surface area contributed by atoms with Gasteiger partial charge in [-0.3, -0.25) is 4.79 Å². The second-order valence-electron chi connectivity index (χ2n) is 4.71. The zero-order valence-electron chi connectivity index (χ0n) is 11.1. The van der Waals surface area contributed by atoms with Crippen molar-refractivity contribution in [1.29, 1.82) is 0 Å². The van der Waals surface area contributed by atoms with Gasteiger partial charge in [0.2, 0.25) is 0 Å². The van der Waals surface area contributed by atoms with Crippen molar-refractivity contribution in [1.82, 2.24) is 5.16 Å². The monoisotopic (exact) mass is 306 g/mol. The maximum atomic E-state index is 12.1. The fourth-order valence-corrected chi connectivity index (χ4v) is 2.34. The summed E-state index contributed by atoms with van der Waals surface area (Å²) >= 11 is 5.91. The molecular weight excluding hydrogens is 296 g/mol. The lowest BCUT2D eigenvalue weighted by molar-refractivity contribution is -0.125. The van der Waals surface area contributed by atoms with E-state index in [1.54, 1.807) is 31.2 Å². The van der Waals surface area contributed by atoms with E-state index in [2.05, 4.69) is 10.5 Å². The molecule has 1 atom stereocenters. The number of nitrogens with one attached hydrogen (secondary N) is 1. The van der Waals surface area contributed by atoms with Crippen LogP contribution in [0, 0.1) is 6.92 Å². The summed E-state index contributed by atoms with van der Waals surface area (Å²) in [5.41, 5.74) is 1.12. The molecule has 6 nitrogen and oxygen atoms in total. The fraction of sp³-hybridized carbons (Fsp3) is 0.214. The average Bonchev–Trinajstić information content (AvgIpc) is 2.83. The number of nitrogens with zero attached hydrogens (tertiary/aromatic N) is 1. The van der Waals surface area contributed by atoms with Crippen LogP contribution in [0.3, 0.4) is 0 Å². The Hall–Kier alpha value is -2.34. The van der Waals surface area contributed by atoms with Crippen LogP contribution in [0.15, 0.2) is 28.8 Å². The summed E-state index contributed by atoms with van der Waals surface area (Å²) in [6, 6.07) is 6.44. The second kappa shape index (κ2) is 5.21. The molecule has 3 rings (SSSR count). The molecule has 0 bridgehead atoms. The third-order valence-electron chi connectivity index (χ3n) is 3.11. The molecule has 0 saturated heterocycles. The molecule has 0 spiro atoms. The van der Waals surface area contributed by atoms with E-state index in [0.29, 0.717) is 21.9 Å². The molecule has 0 radical (unpaired) electrons. The number of fused-ring (bicyclic) bond motifs is 1. The number of carbonyl (C=O) groups is 2. The Bertz CT molecular complexity index is 726. The quantitative estimate of drug-likeness (QED) is 0.861. The van der Waals surface area contributed by atoms with E-state index in [1.807, 2.05) is 0 Å². The Morgan fingerprint density at radius 2 is 2.24 bits per heavy atom. The summed E-state index contributed by atoms with van der Waals surface area (Å²) in [4.78, 5) is 24.0. The van der Waals surface area contributed by atoms with Gasteiger partial charge in [-0.2, -0.15) is 0 Å². The molecule has 0 unspecified atom stereocenters. The van der Waals surface area contributed by atoms with Crippen molar-refractivity contribution in [3.8, 4) is 0 Å². The SMILES string of the molecule is Cc1cc(NC(=O)[C@H]2Cc3cc(Cl)ccc3C(=O)O2)no1. The van der Waals surface area contributed by atoms with Gasteiger partial charge < -0.3 is 14.6 Å². The van der Waals surface area contributed by atoms with Crippen LogP contribution >= 0.6 is 11.6 Å². The summed E-state index contributed by atoms with van der Waals surface area (Å²) in [6.45, 7) is 1.71. The normalized spacial score (nSPS) is 17.0. The highest BCUT2D eigenvalue weighted by Crippen LogP contribution is 2.24. The highest BCUT2D eigenvalue weighted by Gasteiger charge is 2.31. The van der Waals surface area contributed by atoms with Gasteiger partial charge >= 0.3 is 5.97 Å². The van der Waals surface area contributed by atoms with E-state index in [9.17, 15) is 9.59 Å². The van der Waals surface area contributed by atoms with Gasteiger partial charge in [0, 0.05) is 17.5 Å². The Balaban J connectivity index is 1.78. The lowest BCUT2D eigenvalue weighted by atomic mass is 9.98. The number of anilines is 1. The standard InChI is InChI=1S/C14H11ClN2O4/c1-7-4-12(17-21-7)16-13(18)11-6-8-5-9(15)2-3-10(8)14(19)20-11/h2-5,11H,6H2,1H3,(H,16,17,18)/t11-/m1/s1. The summed E-state index contributed by atoms with van der Waals surface area (Å²) in [5.74, 6) is -0.139. The zero-order valence-corrected chi connectivity index (χ0v) is 11.8. The van der Waals surface area contributed by atoms with Crippen LogP contribution in [-0.4, -0.2) is 23.1 Å². The third-order valence-corrected chi connectivity index (χ3v) is 3.35. The molecule has 1 aromatic heterocycles. The molecule has 1 aliphatic heterocycles. The van der Waals surface area contributed by atoms with Gasteiger partial charge in [0.25, 0.3) is 5.91 Å². The minimum Gasteiger partial charge on any atom is -0.448 e. The van der Waals surface area contributed by atoms with Crippen LogP contribution < -0.4 is 5.32 Å². The van der Waals surface area contributed by atoms with Crippen molar-refractivity contribution in [2.24, 2.45) is 0 Å². The fourth-order valence-electron chi connectivity index (χ4n) is 2.14. The van der Waals surface area contributed by atoms with Crippen molar-refractivity contribution in [3.05, 3.63) is 46.2 Å². The molecule has 0 fully saturated rings. The Morgan fingerprint density at radius 1 is 1.43 bits per heavy atom. The van der Waals surface area contributed by atoms with Gasteiger partial charge in [0.1, 0.15) is 5.76 Å². The highest BCUT2D eigenvalue weighted by molar-refractivity contribution is 6.30. The van der Waals surface area contributed by atoms with Crippen molar-refractivity contribution in [3.63, 3.8) is 0 Å². The van der Waals surface area contributed by atoms with E-state index in [1.165, 1.54) is 0 Å². The maximum Gasteiger partial charge on any atom is 0.339 e. The van der Waals surface area contributed by atoms with Gasteiger partial charge in [-0.25, -0.2) is 4.79 Å². The van der Waals surface area contributed by atoms with Crippen LogP contribution in [0.1, 0.15) is 21.7 Å². The Kier molecular flexibility index (Phi) is 3.39. The number of aromatic nitrogens is 1. The van der Waals surface area contributed by atoms with Crippen LogP contribution in [0.2, 0.25) is 5.02 Å². The lowest BCUT2D eigenvalue weighted by Gasteiger charge is -2.23. The second-order valence-corrected chi connectivity index (χ2v) is 5.15. The molecule has 0 saturated carbocycles. The summed E-state index contributed by atoms with van der Waals surface area (Å²) in [5, 5.41) is 6.71. The summed E-state index contributed by atoms with van der Waals surface area (Å²) in [7, 11) is 0. The van der Waals surface area contributed by atoms with Gasteiger partial charge in [-0.1, -0.05) is 16.8 Å². The summed E-state index contributed by atoms with van der Waals surface area (Å²) < 4.78 is 10.00. The predicted octanol–water partition coefficient (Wildman–Crippen LogP) is 2.36. The van der Waals surface area contributed by atoms with Crippen molar-refractivity contribution < 1.29 is 18.8 Å². The number of amides is 1. The Morgan fingerprint density at radius 3 is 2.95 bits per heavy atom. The molecule has 1 N–H and O–H groups in total. The highest BCUT2D eigenvalue weighted by atomic mass is 35.5. The Labute approximate surface area is 125 Å². The molecular formula is C14H11ClN2O4. The lowest BCUT2D eigenvalue weighted by Crippen LogP contribution is -2.38. The van der Waals surface area contributed by atoms with Crippen LogP contribution in [0.25, 0.3) is 0 Å². The van der Waals surface area contributed by atoms with Gasteiger partial charge in [-0.05, 0) is 30.7 Å². The first-order chi connectivity index (χ1) is 10.0.